The van der Waals surface area contributed by atoms with Crippen molar-refractivity contribution < 1.29 is 15.0 Å². The number of anilines is 1. The normalized spacial score (nSPS) is 13.0. The Morgan fingerprint density at radius 3 is 2.71 bits per heavy atom. The molecule has 2 aromatic rings. The third kappa shape index (κ3) is 3.51. The van der Waals surface area contributed by atoms with Crippen molar-refractivity contribution in [2.24, 2.45) is 0 Å². The molecule has 21 heavy (non-hydrogen) atoms. The highest BCUT2D eigenvalue weighted by molar-refractivity contribution is 7.10. The summed E-state index contributed by atoms with van der Waals surface area (Å²) >= 11 is 1.48. The Morgan fingerprint density at radius 2 is 2.14 bits per heavy atom. The number of carbonyl (C=O) groups is 1. The lowest BCUT2D eigenvalue weighted by Gasteiger charge is -2.14. The first-order valence-electron chi connectivity index (χ1n) is 6.51. The molecule has 0 aliphatic rings. The van der Waals surface area contributed by atoms with Gasteiger partial charge in [0.25, 0.3) is 0 Å². The minimum absolute atomic E-state index is 0.112. The fourth-order valence-corrected chi connectivity index (χ4v) is 2.69. The molecule has 0 saturated heterocycles. The fourth-order valence-electron chi connectivity index (χ4n) is 1.95. The standard InChI is InChI=1S/C16H17NO3S/c1-3-12(16(19)20)17-13-9-11(7-6-10(13)2)15(18)14-5-4-8-21-14/h3-9,15,17-18H,1-2H3,(H,19,20)/b12-3-. The second-order valence-electron chi connectivity index (χ2n) is 4.62. The van der Waals surface area contributed by atoms with E-state index in [0.717, 1.165) is 16.0 Å². The molecule has 1 unspecified atom stereocenters. The molecular weight excluding hydrogens is 286 g/mol. The number of thiophene rings is 1. The van der Waals surface area contributed by atoms with E-state index in [0.29, 0.717) is 5.69 Å². The van der Waals surface area contributed by atoms with Crippen LogP contribution in [0.25, 0.3) is 0 Å². The van der Waals surface area contributed by atoms with E-state index in [1.807, 2.05) is 36.6 Å². The topological polar surface area (TPSA) is 69.6 Å². The number of rotatable bonds is 5. The predicted octanol–water partition coefficient (Wildman–Crippen LogP) is 3.54. The van der Waals surface area contributed by atoms with Crippen LogP contribution < -0.4 is 5.32 Å². The van der Waals surface area contributed by atoms with Crippen LogP contribution in [-0.2, 0) is 4.79 Å². The van der Waals surface area contributed by atoms with Crippen molar-refractivity contribution in [2.75, 3.05) is 5.32 Å². The zero-order valence-electron chi connectivity index (χ0n) is 11.8. The Hall–Kier alpha value is -2.11. The number of aliphatic carboxylic acids is 1. The second kappa shape index (κ2) is 6.56. The van der Waals surface area contributed by atoms with E-state index in [4.69, 9.17) is 5.11 Å². The van der Waals surface area contributed by atoms with E-state index in [-0.39, 0.29) is 5.70 Å². The minimum atomic E-state index is -1.01. The molecule has 3 N–H and O–H groups in total. The molecule has 0 fully saturated rings. The van der Waals surface area contributed by atoms with Crippen LogP contribution in [0.3, 0.4) is 0 Å². The number of benzene rings is 1. The summed E-state index contributed by atoms with van der Waals surface area (Å²) in [6, 6.07) is 9.26. The molecule has 2 rings (SSSR count). The fraction of sp³-hybridized carbons (Fsp3) is 0.188. The number of carboxylic acids is 1. The van der Waals surface area contributed by atoms with Crippen LogP contribution in [0.15, 0.2) is 47.5 Å². The van der Waals surface area contributed by atoms with Gasteiger partial charge in [0.2, 0.25) is 0 Å². The van der Waals surface area contributed by atoms with Gasteiger partial charge in [0.15, 0.2) is 0 Å². The molecule has 0 aliphatic heterocycles. The largest absolute Gasteiger partial charge is 0.477 e. The Kier molecular flexibility index (Phi) is 4.77. The third-order valence-corrected chi connectivity index (χ3v) is 4.10. The van der Waals surface area contributed by atoms with Crippen molar-refractivity contribution in [1.82, 2.24) is 0 Å². The number of hydrogen-bond donors (Lipinski definition) is 3. The summed E-state index contributed by atoms with van der Waals surface area (Å²) in [5, 5.41) is 24.2. The van der Waals surface area contributed by atoms with Crippen LogP contribution in [0.1, 0.15) is 29.0 Å². The molecule has 0 spiro atoms. The molecule has 1 heterocycles. The van der Waals surface area contributed by atoms with E-state index >= 15 is 0 Å². The van der Waals surface area contributed by atoms with Crippen LogP contribution in [-0.4, -0.2) is 16.2 Å². The number of carboxylic acid groups (broad SMARTS) is 1. The highest BCUT2D eigenvalue weighted by atomic mass is 32.1. The average Bonchev–Trinajstić information content (AvgIpc) is 2.99. The maximum Gasteiger partial charge on any atom is 0.351 e. The molecule has 110 valence electrons. The number of hydrogen-bond acceptors (Lipinski definition) is 4. The van der Waals surface area contributed by atoms with Crippen molar-refractivity contribution >= 4 is 23.0 Å². The van der Waals surface area contributed by atoms with Gasteiger partial charge in [-0.05, 0) is 42.5 Å². The van der Waals surface area contributed by atoms with Crippen molar-refractivity contribution in [1.29, 1.82) is 0 Å². The van der Waals surface area contributed by atoms with Crippen molar-refractivity contribution in [3.63, 3.8) is 0 Å². The van der Waals surface area contributed by atoms with Gasteiger partial charge >= 0.3 is 5.97 Å². The molecule has 1 aromatic carbocycles. The molecule has 0 aliphatic carbocycles. The number of nitrogens with one attached hydrogen (secondary N) is 1. The first-order valence-corrected chi connectivity index (χ1v) is 7.39. The Balaban J connectivity index is 2.31. The van der Waals surface area contributed by atoms with Crippen LogP contribution in [0.4, 0.5) is 5.69 Å². The van der Waals surface area contributed by atoms with Gasteiger partial charge in [0.05, 0.1) is 0 Å². The second-order valence-corrected chi connectivity index (χ2v) is 5.60. The summed E-state index contributed by atoms with van der Waals surface area (Å²) in [5.41, 5.74) is 2.43. The number of allylic oxidation sites excluding steroid dienone is 1. The van der Waals surface area contributed by atoms with Gasteiger partial charge in [-0.15, -0.1) is 11.3 Å². The third-order valence-electron chi connectivity index (χ3n) is 3.18. The van der Waals surface area contributed by atoms with E-state index in [1.54, 1.807) is 13.0 Å². The first-order chi connectivity index (χ1) is 10.0. The summed E-state index contributed by atoms with van der Waals surface area (Å²) in [7, 11) is 0. The van der Waals surface area contributed by atoms with Crippen molar-refractivity contribution in [3.8, 4) is 0 Å². The minimum Gasteiger partial charge on any atom is -0.477 e. The smallest absolute Gasteiger partial charge is 0.351 e. The lowest BCUT2D eigenvalue weighted by molar-refractivity contribution is -0.132. The monoisotopic (exact) mass is 303 g/mol. The average molecular weight is 303 g/mol. The van der Waals surface area contributed by atoms with Gasteiger partial charge in [-0.1, -0.05) is 24.3 Å². The maximum atomic E-state index is 11.1. The maximum absolute atomic E-state index is 11.1. The van der Waals surface area contributed by atoms with Gasteiger partial charge in [-0.25, -0.2) is 4.79 Å². The van der Waals surface area contributed by atoms with Gasteiger partial charge in [-0.3, -0.25) is 0 Å². The van der Waals surface area contributed by atoms with Gasteiger partial charge in [-0.2, -0.15) is 0 Å². The lowest BCUT2D eigenvalue weighted by Crippen LogP contribution is -2.11. The van der Waals surface area contributed by atoms with E-state index < -0.39 is 12.1 Å². The number of aryl methyl sites for hydroxylation is 1. The molecule has 0 amide bonds. The van der Waals surface area contributed by atoms with Crippen molar-refractivity contribution in [3.05, 3.63) is 63.5 Å². The van der Waals surface area contributed by atoms with Crippen LogP contribution in [0.2, 0.25) is 0 Å². The molecule has 0 bridgehead atoms. The highest BCUT2D eigenvalue weighted by Gasteiger charge is 2.14. The van der Waals surface area contributed by atoms with E-state index in [9.17, 15) is 9.90 Å². The Morgan fingerprint density at radius 1 is 1.38 bits per heavy atom. The highest BCUT2D eigenvalue weighted by Crippen LogP contribution is 2.29. The van der Waals surface area contributed by atoms with Gasteiger partial charge < -0.3 is 15.5 Å². The molecular formula is C16H17NO3S. The summed E-state index contributed by atoms with van der Waals surface area (Å²) < 4.78 is 0. The molecule has 1 atom stereocenters. The van der Waals surface area contributed by atoms with Crippen LogP contribution in [0.5, 0.6) is 0 Å². The predicted molar refractivity (Wildman–Crippen MR) is 84.6 cm³/mol. The number of aliphatic hydroxyl groups is 1. The summed E-state index contributed by atoms with van der Waals surface area (Å²) in [6.07, 6.45) is 0.800. The molecule has 1 aromatic heterocycles. The van der Waals surface area contributed by atoms with E-state index in [2.05, 4.69) is 5.32 Å². The molecule has 0 radical (unpaired) electrons. The van der Waals surface area contributed by atoms with Crippen LogP contribution >= 0.6 is 11.3 Å². The number of aliphatic hydroxyl groups excluding tert-OH is 1. The Bertz CT molecular complexity index is 662. The van der Waals surface area contributed by atoms with Crippen molar-refractivity contribution in [2.45, 2.75) is 20.0 Å². The summed E-state index contributed by atoms with van der Waals surface area (Å²) in [6.45, 7) is 3.55. The zero-order valence-corrected chi connectivity index (χ0v) is 12.6. The molecule has 0 saturated carbocycles. The van der Waals surface area contributed by atoms with Gasteiger partial charge in [0, 0.05) is 10.6 Å². The van der Waals surface area contributed by atoms with Crippen LogP contribution in [0, 0.1) is 6.92 Å². The Labute approximate surface area is 127 Å². The molecule has 4 nitrogen and oxygen atoms in total. The first kappa shape index (κ1) is 15.3. The SMILES string of the molecule is C/C=C(\Nc1cc(C(O)c2cccs2)ccc1C)C(=O)O. The summed E-state index contributed by atoms with van der Waals surface area (Å²) in [5.74, 6) is -1.01. The quantitative estimate of drug-likeness (QED) is 0.739. The molecule has 5 heteroatoms. The summed E-state index contributed by atoms with van der Waals surface area (Å²) in [4.78, 5) is 11.9. The van der Waals surface area contributed by atoms with E-state index in [1.165, 1.54) is 17.4 Å². The zero-order chi connectivity index (χ0) is 15.4. The van der Waals surface area contributed by atoms with Gasteiger partial charge in [0.1, 0.15) is 11.8 Å². The lowest BCUT2D eigenvalue weighted by atomic mass is 10.0.